The molecule has 0 aromatic heterocycles. The van der Waals surface area contributed by atoms with E-state index in [2.05, 4.69) is 49.5 Å². The maximum absolute atomic E-state index is 10.5. The van der Waals surface area contributed by atoms with Gasteiger partial charge in [0.25, 0.3) is 0 Å². The predicted molar refractivity (Wildman–Crippen MR) is 108 cm³/mol. The van der Waals surface area contributed by atoms with Crippen molar-refractivity contribution in [2.75, 3.05) is 13.2 Å². The molecule has 2 rings (SSSR count). The van der Waals surface area contributed by atoms with Crippen LogP contribution in [0.15, 0.2) is 47.6 Å². The second-order valence-corrected chi connectivity index (χ2v) is 6.55. The van der Waals surface area contributed by atoms with E-state index >= 15 is 0 Å². The molecule has 0 fully saturated rings. The van der Waals surface area contributed by atoms with Crippen molar-refractivity contribution in [3.8, 4) is 11.5 Å². The van der Waals surface area contributed by atoms with Crippen LogP contribution in [0.1, 0.15) is 42.9 Å². The first-order valence-corrected chi connectivity index (χ1v) is 9.00. The van der Waals surface area contributed by atoms with Crippen molar-refractivity contribution in [2.45, 2.75) is 33.1 Å². The van der Waals surface area contributed by atoms with E-state index in [-0.39, 0.29) is 0 Å². The Kier molecular flexibility index (Phi) is 7.67. The lowest BCUT2D eigenvalue weighted by Crippen LogP contribution is -2.24. The van der Waals surface area contributed by atoms with Crippen molar-refractivity contribution >= 4 is 12.2 Å². The molecule has 0 heterocycles. The summed E-state index contributed by atoms with van der Waals surface area (Å²) < 4.78 is 11.7. The number of benzene rings is 2. The minimum Gasteiger partial charge on any atom is -0.493 e. The van der Waals surface area contributed by atoms with E-state index in [1.807, 2.05) is 24.3 Å². The van der Waals surface area contributed by atoms with E-state index in [1.165, 1.54) is 17.3 Å². The molecule has 0 aliphatic rings. The molecule has 0 aliphatic carbocycles. The highest BCUT2D eigenvalue weighted by molar-refractivity contribution is 5.81. The fourth-order valence-electron chi connectivity index (χ4n) is 2.50. The third kappa shape index (κ3) is 7.01. The number of urea groups is 1. The second-order valence-electron chi connectivity index (χ2n) is 6.55. The summed E-state index contributed by atoms with van der Waals surface area (Å²) in [5.41, 5.74) is 10.3. The normalized spacial score (nSPS) is 11.0. The number of rotatable bonds is 9. The van der Waals surface area contributed by atoms with Crippen molar-refractivity contribution in [1.82, 2.24) is 5.43 Å². The maximum Gasteiger partial charge on any atom is 0.332 e. The Morgan fingerprint density at radius 2 is 1.85 bits per heavy atom. The molecule has 0 spiro atoms. The van der Waals surface area contributed by atoms with Crippen LogP contribution in [0.5, 0.6) is 11.5 Å². The smallest absolute Gasteiger partial charge is 0.332 e. The number of hydrogen-bond acceptors (Lipinski definition) is 4. The summed E-state index contributed by atoms with van der Waals surface area (Å²) in [6.07, 6.45) is 2.30. The molecule has 0 saturated heterocycles. The highest BCUT2D eigenvalue weighted by Crippen LogP contribution is 2.27. The Balaban J connectivity index is 1.75. The molecule has 0 radical (unpaired) electrons. The zero-order valence-electron chi connectivity index (χ0n) is 16.1. The summed E-state index contributed by atoms with van der Waals surface area (Å²) in [6, 6.07) is 13.0. The van der Waals surface area contributed by atoms with Gasteiger partial charge in [0.05, 0.1) is 19.4 Å². The Hall–Kier alpha value is -3.02. The number of primary amides is 1. The van der Waals surface area contributed by atoms with Crippen LogP contribution in [-0.2, 0) is 0 Å². The van der Waals surface area contributed by atoms with Crippen LogP contribution in [0.4, 0.5) is 4.79 Å². The third-order valence-electron chi connectivity index (χ3n) is 3.87. The summed E-state index contributed by atoms with van der Waals surface area (Å²) in [5, 5.41) is 3.70. The molecule has 2 aromatic carbocycles. The number of ether oxygens (including phenoxy) is 2. The van der Waals surface area contributed by atoms with E-state index in [0.29, 0.717) is 19.1 Å². The first-order chi connectivity index (χ1) is 13.0. The average Bonchev–Trinajstić information content (AvgIpc) is 2.62. The van der Waals surface area contributed by atoms with Gasteiger partial charge in [0.2, 0.25) is 0 Å². The number of carbonyl (C=O) groups is 1. The SMILES string of the molecule is Cc1ccc(C(C)C)c(OCCCOc2ccc(/C=N/NC(N)=O)cc2)c1. The van der Waals surface area contributed by atoms with Crippen molar-refractivity contribution in [3.63, 3.8) is 0 Å². The summed E-state index contributed by atoms with van der Waals surface area (Å²) in [4.78, 5) is 10.5. The zero-order chi connectivity index (χ0) is 19.6. The molecule has 0 unspecified atom stereocenters. The lowest BCUT2D eigenvalue weighted by Gasteiger charge is -2.15. The molecule has 0 aliphatic heterocycles. The van der Waals surface area contributed by atoms with E-state index in [0.717, 1.165) is 23.5 Å². The van der Waals surface area contributed by atoms with Gasteiger partial charge in [0.1, 0.15) is 11.5 Å². The van der Waals surface area contributed by atoms with Gasteiger partial charge >= 0.3 is 6.03 Å². The standard InChI is InChI=1S/C21H27N3O3/c1-15(2)19-10-5-16(3)13-20(19)27-12-4-11-26-18-8-6-17(7-9-18)14-23-24-21(22)25/h5-10,13-15H,4,11-12H2,1-3H3,(H3,22,24,25)/b23-14+. The summed E-state index contributed by atoms with van der Waals surface area (Å²) in [5.74, 6) is 2.16. The van der Waals surface area contributed by atoms with Crippen LogP contribution in [0.25, 0.3) is 0 Å². The van der Waals surface area contributed by atoms with Crippen LogP contribution < -0.4 is 20.6 Å². The van der Waals surface area contributed by atoms with Crippen molar-refractivity contribution < 1.29 is 14.3 Å². The number of amides is 2. The first kappa shape index (κ1) is 20.3. The minimum absolute atomic E-state index is 0.428. The molecule has 6 heteroatoms. The second kappa shape index (κ2) is 10.2. The van der Waals surface area contributed by atoms with Crippen LogP contribution in [0.2, 0.25) is 0 Å². The Morgan fingerprint density at radius 1 is 1.15 bits per heavy atom. The summed E-state index contributed by atoms with van der Waals surface area (Å²) >= 11 is 0. The average molecular weight is 369 g/mol. The Labute approximate surface area is 160 Å². The highest BCUT2D eigenvalue weighted by Gasteiger charge is 2.08. The van der Waals surface area contributed by atoms with Gasteiger partial charge in [-0.1, -0.05) is 26.0 Å². The van der Waals surface area contributed by atoms with E-state index in [4.69, 9.17) is 15.2 Å². The van der Waals surface area contributed by atoms with Gasteiger partial charge in [-0.05, 0) is 59.9 Å². The number of nitrogens with zero attached hydrogens (tertiary/aromatic N) is 1. The number of aryl methyl sites for hydroxylation is 1. The molecule has 2 aromatic rings. The van der Waals surface area contributed by atoms with Crippen LogP contribution in [-0.4, -0.2) is 25.5 Å². The number of nitrogens with two attached hydrogens (primary N) is 1. The molecule has 27 heavy (non-hydrogen) atoms. The largest absolute Gasteiger partial charge is 0.493 e. The van der Waals surface area contributed by atoms with Gasteiger partial charge in [-0.2, -0.15) is 5.10 Å². The lowest BCUT2D eigenvalue weighted by molar-refractivity contribution is 0.245. The molecule has 0 bridgehead atoms. The number of hydrogen-bond donors (Lipinski definition) is 2. The molecule has 2 amide bonds. The molecular weight excluding hydrogens is 342 g/mol. The molecule has 6 nitrogen and oxygen atoms in total. The minimum atomic E-state index is -0.695. The van der Waals surface area contributed by atoms with E-state index in [1.54, 1.807) is 0 Å². The maximum atomic E-state index is 10.5. The summed E-state index contributed by atoms with van der Waals surface area (Å²) in [7, 11) is 0. The number of nitrogens with one attached hydrogen (secondary N) is 1. The van der Waals surface area contributed by atoms with Gasteiger partial charge in [0, 0.05) is 6.42 Å². The van der Waals surface area contributed by atoms with Gasteiger partial charge in [-0.25, -0.2) is 10.2 Å². The van der Waals surface area contributed by atoms with E-state index in [9.17, 15) is 4.79 Å². The topological polar surface area (TPSA) is 85.9 Å². The van der Waals surface area contributed by atoms with Gasteiger partial charge in [0.15, 0.2) is 0 Å². The quantitative estimate of drug-likeness (QED) is 0.398. The highest BCUT2D eigenvalue weighted by atomic mass is 16.5. The first-order valence-electron chi connectivity index (χ1n) is 9.00. The lowest BCUT2D eigenvalue weighted by atomic mass is 10.0. The molecule has 0 atom stereocenters. The summed E-state index contributed by atoms with van der Waals surface area (Å²) in [6.45, 7) is 7.57. The van der Waals surface area contributed by atoms with Gasteiger partial charge in [-0.3, -0.25) is 0 Å². The zero-order valence-corrected chi connectivity index (χ0v) is 16.1. The molecular formula is C21H27N3O3. The molecule has 3 N–H and O–H groups in total. The third-order valence-corrected chi connectivity index (χ3v) is 3.87. The monoisotopic (exact) mass is 369 g/mol. The van der Waals surface area contributed by atoms with Crippen LogP contribution >= 0.6 is 0 Å². The molecule has 0 saturated carbocycles. The van der Waals surface area contributed by atoms with Crippen LogP contribution in [0.3, 0.4) is 0 Å². The van der Waals surface area contributed by atoms with Crippen molar-refractivity contribution in [2.24, 2.45) is 10.8 Å². The fraction of sp³-hybridized carbons (Fsp3) is 0.333. The number of hydrazone groups is 1. The Bertz CT molecular complexity index is 771. The Morgan fingerprint density at radius 3 is 2.52 bits per heavy atom. The van der Waals surface area contributed by atoms with Gasteiger partial charge < -0.3 is 15.2 Å². The van der Waals surface area contributed by atoms with E-state index < -0.39 is 6.03 Å². The van der Waals surface area contributed by atoms with Crippen molar-refractivity contribution in [1.29, 1.82) is 0 Å². The van der Waals surface area contributed by atoms with Crippen LogP contribution in [0, 0.1) is 6.92 Å². The predicted octanol–water partition coefficient (Wildman–Crippen LogP) is 3.97. The number of carbonyl (C=O) groups excluding carboxylic acids is 1. The fourth-order valence-corrected chi connectivity index (χ4v) is 2.50. The molecule has 144 valence electrons. The van der Waals surface area contributed by atoms with Gasteiger partial charge in [-0.15, -0.1) is 0 Å². The van der Waals surface area contributed by atoms with Crippen molar-refractivity contribution in [3.05, 3.63) is 59.2 Å².